The van der Waals surface area contributed by atoms with E-state index in [4.69, 9.17) is 17.5 Å². The fourth-order valence-corrected chi connectivity index (χ4v) is 4.68. The second kappa shape index (κ2) is 8.33. The average Bonchev–Trinajstić information content (AvgIpc) is 2.17. The molecule has 1 N–H and O–H groups in total. The molecule has 1 unspecified atom stereocenters. The molecule has 0 saturated heterocycles. The van der Waals surface area contributed by atoms with Crippen LogP contribution in [0.2, 0.25) is 0 Å². The highest BCUT2D eigenvalue weighted by Gasteiger charge is 2.51. The van der Waals surface area contributed by atoms with Gasteiger partial charge in [0.2, 0.25) is 0 Å². The molecule has 0 aromatic heterocycles. The molecule has 17 heavy (non-hydrogen) atoms. The molecule has 0 aromatic rings. The van der Waals surface area contributed by atoms with Crippen LogP contribution in [0.4, 0.5) is 0 Å². The number of phosphoric ester groups is 1. The van der Waals surface area contributed by atoms with Gasteiger partial charge in [-0.3, -0.25) is 8.74 Å². The van der Waals surface area contributed by atoms with Crippen molar-refractivity contribution in [1.29, 1.82) is 0 Å². The summed E-state index contributed by atoms with van der Waals surface area (Å²) in [6.45, 7) is 7.51. The van der Waals surface area contributed by atoms with E-state index in [1.165, 1.54) is 0 Å². The predicted octanol–water partition coefficient (Wildman–Crippen LogP) is 1.68. The van der Waals surface area contributed by atoms with E-state index in [1.807, 2.05) is 0 Å². The van der Waals surface area contributed by atoms with Crippen LogP contribution in [0.25, 0.3) is 0 Å². The Balaban J connectivity index is 4.80. The number of rotatable bonds is 10. The molecule has 0 spiro atoms. The first kappa shape index (κ1) is 17.2. The summed E-state index contributed by atoms with van der Waals surface area (Å²) < 4.78 is 36.9. The zero-order chi connectivity index (χ0) is 13.4. The van der Waals surface area contributed by atoms with Crippen LogP contribution in [0.3, 0.4) is 0 Å². The molecule has 0 fully saturated rings. The van der Waals surface area contributed by atoms with Gasteiger partial charge in [-0.15, -0.1) is 0 Å². The molecule has 0 rings (SSSR count). The Morgan fingerprint density at radius 3 is 1.65 bits per heavy atom. The van der Waals surface area contributed by atoms with E-state index < -0.39 is 16.9 Å². The molecular formula is C8H21O7PSi. The zero-order valence-electron chi connectivity index (χ0n) is 10.7. The first-order valence-corrected chi connectivity index (χ1v) is 8.68. The minimum atomic E-state index is -4.22. The molecule has 9 heteroatoms. The molecule has 0 heterocycles. The van der Waals surface area contributed by atoms with E-state index in [9.17, 15) is 9.46 Å². The lowest BCUT2D eigenvalue weighted by molar-refractivity contribution is -0.00155. The number of hydrogen-bond acceptors (Lipinski definition) is 6. The van der Waals surface area contributed by atoms with E-state index in [1.54, 1.807) is 27.7 Å². The summed E-state index contributed by atoms with van der Waals surface area (Å²) in [5.74, 6) is 0. The van der Waals surface area contributed by atoms with Gasteiger partial charge in [-0.1, -0.05) is 0 Å². The van der Waals surface area contributed by atoms with Crippen LogP contribution in [0.5, 0.6) is 0 Å². The van der Waals surface area contributed by atoms with Crippen molar-refractivity contribution in [2.24, 2.45) is 0 Å². The molecule has 0 amide bonds. The van der Waals surface area contributed by atoms with E-state index in [-0.39, 0.29) is 26.4 Å². The second-order valence-electron chi connectivity index (χ2n) is 2.78. The maximum Gasteiger partial charge on any atom is 0.688 e. The summed E-state index contributed by atoms with van der Waals surface area (Å²) in [6.07, 6.45) is 0. The Labute approximate surface area is 103 Å². The van der Waals surface area contributed by atoms with Gasteiger partial charge >= 0.3 is 16.9 Å². The van der Waals surface area contributed by atoms with Crippen LogP contribution in [-0.2, 0) is 26.6 Å². The van der Waals surface area contributed by atoms with Gasteiger partial charge in [0, 0.05) is 19.8 Å². The van der Waals surface area contributed by atoms with Crippen LogP contribution in [0, 0.1) is 0 Å². The third-order valence-corrected chi connectivity index (χ3v) is 5.81. The van der Waals surface area contributed by atoms with Crippen molar-refractivity contribution in [2.75, 3.05) is 26.4 Å². The maximum absolute atomic E-state index is 11.6. The molecule has 0 aliphatic carbocycles. The van der Waals surface area contributed by atoms with Crippen LogP contribution in [-0.4, -0.2) is 40.4 Å². The molecule has 0 bridgehead atoms. The van der Waals surface area contributed by atoms with E-state index in [0.717, 1.165) is 0 Å². The van der Waals surface area contributed by atoms with E-state index in [2.05, 4.69) is 4.52 Å². The fourth-order valence-electron chi connectivity index (χ4n) is 1.07. The summed E-state index contributed by atoms with van der Waals surface area (Å²) >= 11 is 0. The Hall–Kier alpha value is 0.207. The SMILES string of the molecule is CCO[Si](OCC)(OCC)OP(=O)(O)OCC. The zero-order valence-corrected chi connectivity index (χ0v) is 12.6. The van der Waals surface area contributed by atoms with Crippen molar-refractivity contribution in [2.45, 2.75) is 27.7 Å². The highest BCUT2D eigenvalue weighted by Crippen LogP contribution is 2.46. The van der Waals surface area contributed by atoms with Gasteiger partial charge in [-0.2, -0.15) is 0 Å². The van der Waals surface area contributed by atoms with Gasteiger partial charge in [0.1, 0.15) is 0 Å². The highest BCUT2D eigenvalue weighted by molar-refractivity contribution is 7.49. The molecule has 0 radical (unpaired) electrons. The van der Waals surface area contributed by atoms with E-state index in [0.29, 0.717) is 0 Å². The Morgan fingerprint density at radius 2 is 1.35 bits per heavy atom. The van der Waals surface area contributed by atoms with Gasteiger partial charge in [0.15, 0.2) is 0 Å². The molecule has 104 valence electrons. The number of phosphoric acid groups is 1. The van der Waals surface area contributed by atoms with Crippen molar-refractivity contribution >= 4 is 16.9 Å². The lowest BCUT2D eigenvalue weighted by Crippen LogP contribution is -2.48. The summed E-state index contributed by atoms with van der Waals surface area (Å²) in [4.78, 5) is 9.44. The third kappa shape index (κ3) is 6.63. The lowest BCUT2D eigenvalue weighted by atomic mass is 10.9. The van der Waals surface area contributed by atoms with Crippen LogP contribution in [0.15, 0.2) is 0 Å². The molecule has 0 aromatic carbocycles. The monoisotopic (exact) mass is 288 g/mol. The lowest BCUT2D eigenvalue weighted by Gasteiger charge is -2.27. The topological polar surface area (TPSA) is 83.5 Å². The average molecular weight is 288 g/mol. The summed E-state index contributed by atoms with van der Waals surface area (Å²) in [5.41, 5.74) is 0. The highest BCUT2D eigenvalue weighted by atomic mass is 31.2. The Morgan fingerprint density at radius 1 is 0.941 bits per heavy atom. The van der Waals surface area contributed by atoms with Crippen molar-refractivity contribution in [1.82, 2.24) is 0 Å². The number of hydrogen-bond donors (Lipinski definition) is 1. The van der Waals surface area contributed by atoms with Crippen LogP contribution >= 0.6 is 7.82 Å². The quantitative estimate of drug-likeness (QED) is 0.483. The maximum atomic E-state index is 11.6. The molecule has 0 saturated carbocycles. The first-order chi connectivity index (χ1) is 7.95. The molecule has 0 aliphatic heterocycles. The Bertz CT molecular complexity index is 233. The summed E-state index contributed by atoms with van der Waals surface area (Å²) in [7, 11) is -7.82. The fraction of sp³-hybridized carbons (Fsp3) is 1.00. The third-order valence-electron chi connectivity index (χ3n) is 1.48. The van der Waals surface area contributed by atoms with Gasteiger partial charge < -0.3 is 18.2 Å². The largest absolute Gasteiger partial charge is 0.688 e. The van der Waals surface area contributed by atoms with Crippen molar-refractivity contribution in [3.8, 4) is 0 Å². The van der Waals surface area contributed by atoms with Crippen molar-refractivity contribution in [3.05, 3.63) is 0 Å². The van der Waals surface area contributed by atoms with Gasteiger partial charge in [0.05, 0.1) is 6.61 Å². The summed E-state index contributed by atoms with van der Waals surface area (Å²) in [5, 5.41) is 0. The normalized spacial score (nSPS) is 15.8. The molecule has 1 atom stereocenters. The van der Waals surface area contributed by atoms with Gasteiger partial charge in [-0.25, -0.2) is 4.57 Å². The van der Waals surface area contributed by atoms with Gasteiger partial charge in [0.25, 0.3) is 0 Å². The summed E-state index contributed by atoms with van der Waals surface area (Å²) in [6, 6.07) is 0. The molecular weight excluding hydrogens is 267 g/mol. The van der Waals surface area contributed by atoms with Crippen molar-refractivity contribution in [3.63, 3.8) is 0 Å². The Kier molecular flexibility index (Phi) is 8.43. The standard InChI is InChI=1S/C8H21O7PSi/c1-5-11-16(9,10)15-17(12-6-2,13-7-3)14-8-4/h5-8H2,1-4H3,(H,9,10). The van der Waals surface area contributed by atoms with Gasteiger partial charge in [-0.05, 0) is 27.7 Å². The minimum Gasteiger partial charge on any atom is -0.351 e. The smallest absolute Gasteiger partial charge is 0.351 e. The second-order valence-corrected chi connectivity index (χ2v) is 6.57. The van der Waals surface area contributed by atoms with E-state index >= 15 is 0 Å². The predicted molar refractivity (Wildman–Crippen MR) is 63.2 cm³/mol. The minimum absolute atomic E-state index is 0.0443. The van der Waals surface area contributed by atoms with Crippen LogP contribution in [0.1, 0.15) is 27.7 Å². The van der Waals surface area contributed by atoms with Crippen LogP contribution < -0.4 is 0 Å². The molecule has 7 nitrogen and oxygen atoms in total. The molecule has 0 aliphatic rings. The van der Waals surface area contributed by atoms with Crippen molar-refractivity contribution < 1.29 is 31.5 Å². The first-order valence-electron chi connectivity index (χ1n) is 5.55.